The minimum Gasteiger partial charge on any atom is -0.812 e. The van der Waals surface area contributed by atoms with E-state index in [1.807, 2.05) is 0 Å². The van der Waals surface area contributed by atoms with Crippen LogP contribution in [0.2, 0.25) is 0 Å². The quantitative estimate of drug-likeness (QED) is 0.169. The fourth-order valence-electron chi connectivity index (χ4n) is 2.83. The Morgan fingerprint density at radius 3 is 1.16 bits per heavy atom. The smallest absolute Gasteiger partial charge is 0.812 e. The molecule has 0 rings (SSSR count). The predicted octanol–water partition coefficient (Wildman–Crippen LogP) is -0.782. The van der Waals surface area contributed by atoms with Crippen LogP contribution in [0.15, 0.2) is 0 Å². The van der Waals surface area contributed by atoms with Crippen molar-refractivity contribution in [3.8, 4) is 0 Å². The van der Waals surface area contributed by atoms with Crippen LogP contribution in [-0.4, -0.2) is 6.61 Å². The predicted molar refractivity (Wildman–Crippen MR) is 99.8 cm³/mol. The Bertz CT molecular complexity index is 291. The molecule has 0 aliphatic carbocycles. The summed E-state index contributed by atoms with van der Waals surface area (Å²) in [5, 5.41) is 0. The van der Waals surface area contributed by atoms with E-state index in [2.05, 4.69) is 23.3 Å². The van der Waals surface area contributed by atoms with E-state index in [9.17, 15) is 9.79 Å². The Balaban J connectivity index is -0.00000242. The zero-order valence-corrected chi connectivity index (χ0v) is 22.8. The zero-order valence-electron chi connectivity index (χ0n) is 17.1. The summed E-state index contributed by atoms with van der Waals surface area (Å²) >= 11 is 4.17. The zero-order chi connectivity index (χ0) is 17.2. The molecule has 0 aromatic heterocycles. The largest absolute Gasteiger partial charge is 1.00 e. The van der Waals surface area contributed by atoms with Crippen LogP contribution in [0.25, 0.3) is 0 Å². The van der Waals surface area contributed by atoms with Crippen molar-refractivity contribution in [1.82, 2.24) is 0 Å². The summed E-state index contributed by atoms with van der Waals surface area (Å²) in [5.41, 5.74) is 0. The number of unbranched alkanes of at least 4 members (excludes halogenated alkanes) is 15. The molecule has 0 aliphatic heterocycles. The third-order valence-electron chi connectivity index (χ3n) is 4.25. The van der Waals surface area contributed by atoms with Crippen LogP contribution in [0.1, 0.15) is 110 Å². The van der Waals surface area contributed by atoms with Gasteiger partial charge in [0.1, 0.15) is 0 Å². The monoisotopic (exact) mass is 410 g/mol. The maximum Gasteiger partial charge on any atom is 1.00 e. The molecule has 7 heteroatoms. The molecule has 0 aromatic rings. The van der Waals surface area contributed by atoms with Gasteiger partial charge in [-0.25, -0.2) is 0 Å². The molecular formula is C18H37Na2O3PS. The third kappa shape index (κ3) is 31.4. The van der Waals surface area contributed by atoms with E-state index in [0.29, 0.717) is 0 Å². The second kappa shape index (κ2) is 24.6. The van der Waals surface area contributed by atoms with E-state index >= 15 is 0 Å². The second-order valence-electron chi connectivity index (χ2n) is 6.58. The van der Waals surface area contributed by atoms with Crippen LogP contribution in [0.3, 0.4) is 0 Å². The number of hydrogen-bond donors (Lipinski definition) is 0. The van der Waals surface area contributed by atoms with Crippen molar-refractivity contribution in [3.63, 3.8) is 0 Å². The summed E-state index contributed by atoms with van der Waals surface area (Å²) < 4.78 is 4.56. The van der Waals surface area contributed by atoms with Gasteiger partial charge in [0.25, 0.3) is 0 Å². The summed E-state index contributed by atoms with van der Waals surface area (Å²) in [4.78, 5) is 21.2. The molecule has 0 aromatic carbocycles. The van der Waals surface area contributed by atoms with Crippen molar-refractivity contribution in [2.45, 2.75) is 110 Å². The maximum absolute atomic E-state index is 10.6. The molecule has 0 saturated carbocycles. The van der Waals surface area contributed by atoms with E-state index < -0.39 is 6.72 Å². The first-order chi connectivity index (χ1) is 11.1. The van der Waals surface area contributed by atoms with Crippen molar-refractivity contribution < 1.29 is 73.4 Å². The van der Waals surface area contributed by atoms with E-state index in [1.165, 1.54) is 89.9 Å². The molecule has 140 valence electrons. The van der Waals surface area contributed by atoms with Gasteiger partial charge in [0.05, 0.1) is 0 Å². The van der Waals surface area contributed by atoms with Gasteiger partial charge in [-0.1, -0.05) is 110 Å². The van der Waals surface area contributed by atoms with Crippen molar-refractivity contribution in [2.24, 2.45) is 0 Å². The van der Waals surface area contributed by atoms with Crippen LogP contribution >= 0.6 is 6.72 Å². The van der Waals surface area contributed by atoms with Crippen LogP contribution in [0.4, 0.5) is 0 Å². The number of rotatable bonds is 18. The van der Waals surface area contributed by atoms with Crippen molar-refractivity contribution in [2.75, 3.05) is 6.61 Å². The van der Waals surface area contributed by atoms with Gasteiger partial charge in [-0.05, 0) is 6.42 Å². The molecule has 0 saturated heterocycles. The van der Waals surface area contributed by atoms with Gasteiger partial charge in [-0.15, -0.1) is 11.8 Å². The molecule has 0 spiro atoms. The summed E-state index contributed by atoms with van der Waals surface area (Å²) in [7, 11) is 0. The Kier molecular flexibility index (Phi) is 31.6. The fraction of sp³-hybridized carbons (Fsp3) is 1.00. The molecule has 0 aliphatic rings. The molecular weight excluding hydrogens is 373 g/mol. The average molecular weight is 411 g/mol. The maximum atomic E-state index is 10.6. The minimum atomic E-state index is -3.92. The van der Waals surface area contributed by atoms with Crippen molar-refractivity contribution >= 4 is 18.5 Å². The third-order valence-corrected chi connectivity index (χ3v) is 5.06. The standard InChI is InChI=1S/C18H39O3PS.2Na/c1-2-3-4-5-6-7-8-9-10-11-12-13-14-15-16-17-18-21-22(19,20)23;;/h2-18H2,1H3,(H2,19,20,23);;/q;2*+1/p-2. The van der Waals surface area contributed by atoms with E-state index in [4.69, 9.17) is 0 Å². The molecule has 0 heterocycles. The van der Waals surface area contributed by atoms with Gasteiger partial charge in [-0.3, -0.25) is 0 Å². The van der Waals surface area contributed by atoms with E-state index in [1.54, 1.807) is 0 Å². The number of hydrogen-bond acceptors (Lipinski definition) is 4. The summed E-state index contributed by atoms with van der Waals surface area (Å²) in [6, 6.07) is 0. The average Bonchev–Trinajstić information content (AvgIpc) is 2.49. The van der Waals surface area contributed by atoms with Crippen molar-refractivity contribution in [1.29, 1.82) is 0 Å². The summed E-state index contributed by atoms with van der Waals surface area (Å²) in [6.45, 7) is -1.40. The van der Waals surface area contributed by atoms with Crippen molar-refractivity contribution in [3.05, 3.63) is 0 Å². The first kappa shape index (κ1) is 32.2. The van der Waals surface area contributed by atoms with Gasteiger partial charge >= 0.3 is 59.1 Å². The van der Waals surface area contributed by atoms with Gasteiger partial charge in [0, 0.05) is 6.61 Å². The van der Waals surface area contributed by atoms with Gasteiger partial charge in [0.15, 0.2) is 0 Å². The minimum absolute atomic E-state index is 0. The Morgan fingerprint density at radius 1 is 0.600 bits per heavy atom. The van der Waals surface area contributed by atoms with E-state index in [-0.39, 0.29) is 65.7 Å². The Hall–Kier alpha value is 2.53. The molecule has 0 fully saturated rings. The SMILES string of the molecule is CCCCCCCCCCCCCCCCCCOP([O-])([O-])=S.[Na+].[Na+]. The van der Waals surface area contributed by atoms with E-state index in [0.717, 1.165) is 12.8 Å². The molecule has 0 N–H and O–H groups in total. The molecule has 0 amide bonds. The molecule has 25 heavy (non-hydrogen) atoms. The van der Waals surface area contributed by atoms with Crippen LogP contribution < -0.4 is 68.9 Å². The first-order valence-corrected chi connectivity index (χ1v) is 12.3. The molecule has 0 unspecified atom stereocenters. The van der Waals surface area contributed by atoms with Gasteiger partial charge < -0.3 is 14.3 Å². The summed E-state index contributed by atoms with van der Waals surface area (Å²) in [6.07, 6.45) is 20.9. The molecule has 0 bridgehead atoms. The first-order valence-electron chi connectivity index (χ1n) is 9.73. The fourth-order valence-corrected chi connectivity index (χ4v) is 3.40. The van der Waals surface area contributed by atoms with Crippen LogP contribution in [0.5, 0.6) is 0 Å². The second-order valence-corrected chi connectivity index (χ2v) is 9.08. The summed E-state index contributed by atoms with van der Waals surface area (Å²) in [5.74, 6) is 0. The molecule has 0 atom stereocenters. The van der Waals surface area contributed by atoms with Gasteiger partial charge in [0.2, 0.25) is 0 Å². The Morgan fingerprint density at radius 2 is 0.880 bits per heavy atom. The van der Waals surface area contributed by atoms with Crippen LogP contribution in [0, 0.1) is 0 Å². The normalized spacial score (nSPS) is 11.0. The van der Waals surface area contributed by atoms with Crippen LogP contribution in [-0.2, 0) is 16.3 Å². The Labute approximate surface area is 206 Å². The topological polar surface area (TPSA) is 55.3 Å². The molecule has 3 nitrogen and oxygen atoms in total. The van der Waals surface area contributed by atoms with Gasteiger partial charge in [-0.2, -0.15) is 0 Å². The molecule has 0 radical (unpaired) electrons.